The van der Waals surface area contributed by atoms with Crippen LogP contribution >= 0.6 is 0 Å². The average Bonchev–Trinajstić information content (AvgIpc) is 2.68. The van der Waals surface area contributed by atoms with E-state index in [4.69, 9.17) is 0 Å². The van der Waals surface area contributed by atoms with Crippen molar-refractivity contribution in [2.75, 3.05) is 0 Å². The van der Waals surface area contributed by atoms with Crippen molar-refractivity contribution in [2.45, 2.75) is 45.2 Å². The maximum Gasteiger partial charge on any atom is 0.218 e. The maximum absolute atomic E-state index is 15.9. The molecule has 0 radical (unpaired) electrons. The van der Waals surface area contributed by atoms with Gasteiger partial charge in [0.05, 0.1) is 11.4 Å². The summed E-state index contributed by atoms with van der Waals surface area (Å²) in [6.45, 7) is 7.54. The molecule has 1 aliphatic carbocycles. The maximum atomic E-state index is 15.9. The lowest BCUT2D eigenvalue weighted by Crippen LogP contribution is -2.24. The van der Waals surface area contributed by atoms with Crippen LogP contribution in [-0.4, -0.2) is 10.8 Å². The van der Waals surface area contributed by atoms with Crippen molar-refractivity contribution in [3.05, 3.63) is 64.8 Å². The van der Waals surface area contributed by atoms with Crippen LogP contribution in [-0.2, 0) is 23.3 Å². The predicted molar refractivity (Wildman–Crippen MR) is 88.5 cm³/mol. The highest BCUT2D eigenvalue weighted by molar-refractivity contribution is 5.81. The minimum Gasteiger partial charge on any atom is -0.356 e. The Morgan fingerprint density at radius 1 is 1.30 bits per heavy atom. The number of hydrogen-bond donors (Lipinski definition) is 1. The second kappa shape index (κ2) is 5.76. The van der Waals surface area contributed by atoms with Gasteiger partial charge >= 0.3 is 0 Å². The largest absolute Gasteiger partial charge is 0.356 e. The number of alkyl halides is 1. The number of hydrogen-bond acceptors (Lipinski definition) is 3. The third-order valence-corrected chi connectivity index (χ3v) is 4.67. The summed E-state index contributed by atoms with van der Waals surface area (Å²) in [7, 11) is 0. The van der Waals surface area contributed by atoms with E-state index in [0.717, 1.165) is 29.7 Å². The van der Waals surface area contributed by atoms with Crippen LogP contribution in [0.25, 0.3) is 0 Å². The standard InChI is InChI=1S/C19H21FN2O/c1-4-16-17(5-2)22-12(3)19(16,20)18-10-13-7-6-8-15(23)9-14(13)11-21-18/h4-5,10-11,22H,3,6-9H2,1-2H3/b16-4+,17-5+. The molecule has 1 aliphatic heterocycles. The number of aromatic nitrogens is 1. The Kier molecular flexibility index (Phi) is 3.92. The zero-order valence-corrected chi connectivity index (χ0v) is 13.6. The zero-order chi connectivity index (χ0) is 16.6. The molecule has 1 fully saturated rings. The summed E-state index contributed by atoms with van der Waals surface area (Å²) in [6.07, 6.45) is 7.84. The van der Waals surface area contributed by atoms with Gasteiger partial charge in [0, 0.05) is 30.3 Å². The van der Waals surface area contributed by atoms with Crippen molar-refractivity contribution in [1.82, 2.24) is 10.3 Å². The first-order valence-electron chi connectivity index (χ1n) is 7.99. The van der Waals surface area contributed by atoms with Crippen LogP contribution in [0.5, 0.6) is 0 Å². The molecule has 120 valence electrons. The van der Waals surface area contributed by atoms with Gasteiger partial charge in [-0.3, -0.25) is 9.78 Å². The summed E-state index contributed by atoms with van der Waals surface area (Å²) < 4.78 is 15.9. The Morgan fingerprint density at radius 3 is 2.78 bits per heavy atom. The second-order valence-electron chi connectivity index (χ2n) is 6.07. The summed E-state index contributed by atoms with van der Waals surface area (Å²) in [6, 6.07) is 1.81. The number of Topliss-reactive ketones (excluding diaryl/α,β-unsaturated/α-hetero) is 1. The first-order chi connectivity index (χ1) is 11.0. The van der Waals surface area contributed by atoms with Gasteiger partial charge in [-0.15, -0.1) is 0 Å². The molecule has 1 aromatic heterocycles. The number of fused-ring (bicyclic) bond motifs is 1. The molecule has 3 nitrogen and oxygen atoms in total. The second-order valence-corrected chi connectivity index (χ2v) is 6.07. The highest BCUT2D eigenvalue weighted by Crippen LogP contribution is 2.46. The van der Waals surface area contributed by atoms with Crippen LogP contribution in [0.15, 0.2) is 48.0 Å². The van der Waals surface area contributed by atoms with E-state index in [0.29, 0.717) is 24.1 Å². The van der Waals surface area contributed by atoms with Crippen molar-refractivity contribution in [1.29, 1.82) is 0 Å². The summed E-state index contributed by atoms with van der Waals surface area (Å²) in [5.74, 6) is 0.227. The topological polar surface area (TPSA) is 42.0 Å². The molecule has 3 rings (SSSR count). The molecule has 0 bridgehead atoms. The SMILES string of the molecule is C=C1NC(=C/C)/C(=C\C)C1(F)c1cc2c(cn1)CC(=O)CCC2. The van der Waals surface area contributed by atoms with E-state index < -0.39 is 5.67 Å². The smallest absolute Gasteiger partial charge is 0.218 e. The molecule has 0 aromatic carbocycles. The molecule has 0 saturated carbocycles. The summed E-state index contributed by atoms with van der Waals surface area (Å²) in [4.78, 5) is 16.1. The van der Waals surface area contributed by atoms with Gasteiger partial charge in [0.25, 0.3) is 0 Å². The van der Waals surface area contributed by atoms with Crippen molar-refractivity contribution in [3.8, 4) is 0 Å². The van der Waals surface area contributed by atoms with Crippen molar-refractivity contribution < 1.29 is 9.18 Å². The number of halogens is 1. The first kappa shape index (κ1) is 15.7. The minimum absolute atomic E-state index is 0.227. The fraction of sp³-hybridized carbons (Fsp3) is 0.368. The number of ketones is 1. The van der Waals surface area contributed by atoms with Gasteiger partial charge < -0.3 is 5.32 Å². The van der Waals surface area contributed by atoms with Gasteiger partial charge in [0.15, 0.2) is 0 Å². The molecule has 1 unspecified atom stereocenters. The van der Waals surface area contributed by atoms with E-state index in [1.54, 1.807) is 12.3 Å². The lowest BCUT2D eigenvalue weighted by molar-refractivity contribution is -0.118. The molecule has 0 spiro atoms. The van der Waals surface area contributed by atoms with Crippen molar-refractivity contribution in [2.24, 2.45) is 0 Å². The molecular formula is C19H21FN2O. The van der Waals surface area contributed by atoms with Crippen LogP contribution in [0.3, 0.4) is 0 Å². The monoisotopic (exact) mass is 312 g/mol. The van der Waals surface area contributed by atoms with E-state index in [1.807, 2.05) is 26.0 Å². The fourth-order valence-corrected chi connectivity index (χ4v) is 3.42. The minimum atomic E-state index is -1.83. The normalized spacial score (nSPS) is 28.0. The number of rotatable bonds is 1. The van der Waals surface area contributed by atoms with Crippen molar-refractivity contribution in [3.63, 3.8) is 0 Å². The molecule has 1 aromatic rings. The number of nitrogens with zero attached hydrogens (tertiary/aromatic N) is 1. The number of carbonyl (C=O) groups is 1. The molecule has 2 aliphatic rings. The fourth-order valence-electron chi connectivity index (χ4n) is 3.42. The van der Waals surface area contributed by atoms with Gasteiger partial charge in [-0.1, -0.05) is 18.7 Å². The molecule has 2 heterocycles. The highest BCUT2D eigenvalue weighted by atomic mass is 19.1. The Hall–Kier alpha value is -2.23. The summed E-state index contributed by atoms with van der Waals surface area (Å²) in [5, 5.41) is 3.02. The zero-order valence-electron chi connectivity index (χ0n) is 13.6. The predicted octanol–water partition coefficient (Wildman–Crippen LogP) is 3.66. The van der Waals surface area contributed by atoms with Crippen LogP contribution in [0.2, 0.25) is 0 Å². The Balaban J connectivity index is 2.10. The lowest BCUT2D eigenvalue weighted by Gasteiger charge is -2.22. The van der Waals surface area contributed by atoms with Crippen LogP contribution < -0.4 is 5.32 Å². The third kappa shape index (κ3) is 2.42. The average molecular weight is 312 g/mol. The molecule has 0 amide bonds. The Labute approximate surface area is 136 Å². The van der Waals surface area contributed by atoms with Gasteiger partial charge in [-0.25, -0.2) is 4.39 Å². The van der Waals surface area contributed by atoms with Crippen LogP contribution in [0, 0.1) is 0 Å². The van der Waals surface area contributed by atoms with Crippen LogP contribution in [0.1, 0.15) is 43.5 Å². The van der Waals surface area contributed by atoms with E-state index in [-0.39, 0.29) is 11.5 Å². The summed E-state index contributed by atoms with van der Waals surface area (Å²) >= 11 is 0. The van der Waals surface area contributed by atoms with Gasteiger partial charge in [-0.05, 0) is 43.9 Å². The molecule has 23 heavy (non-hydrogen) atoms. The molecule has 1 saturated heterocycles. The lowest BCUT2D eigenvalue weighted by atomic mass is 9.89. The van der Waals surface area contributed by atoms with E-state index in [9.17, 15) is 4.79 Å². The molecular weight excluding hydrogens is 291 g/mol. The van der Waals surface area contributed by atoms with Gasteiger partial charge in [-0.2, -0.15) is 0 Å². The van der Waals surface area contributed by atoms with Crippen LogP contribution in [0.4, 0.5) is 4.39 Å². The highest BCUT2D eigenvalue weighted by Gasteiger charge is 2.47. The molecule has 1 atom stereocenters. The quantitative estimate of drug-likeness (QED) is 0.805. The van der Waals surface area contributed by atoms with E-state index in [1.165, 1.54) is 0 Å². The summed E-state index contributed by atoms with van der Waals surface area (Å²) in [5.41, 5.74) is 2.01. The number of carbonyl (C=O) groups excluding carboxylic acids is 1. The molecule has 4 heteroatoms. The first-order valence-corrected chi connectivity index (χ1v) is 7.99. The number of nitrogens with one attached hydrogen (secondary N) is 1. The number of aryl methyl sites for hydroxylation is 1. The Morgan fingerprint density at radius 2 is 2.09 bits per heavy atom. The van der Waals surface area contributed by atoms with Gasteiger partial charge in [0.1, 0.15) is 5.78 Å². The third-order valence-electron chi connectivity index (χ3n) is 4.67. The van der Waals surface area contributed by atoms with Crippen molar-refractivity contribution >= 4 is 5.78 Å². The number of pyridine rings is 1. The van der Waals surface area contributed by atoms with E-state index in [2.05, 4.69) is 16.9 Å². The Bertz CT molecular complexity index is 748. The number of allylic oxidation sites excluding steroid dienone is 4. The van der Waals surface area contributed by atoms with E-state index >= 15 is 4.39 Å². The van der Waals surface area contributed by atoms with Gasteiger partial charge in [0.2, 0.25) is 5.67 Å². The molecule has 1 N–H and O–H groups in total.